The van der Waals surface area contributed by atoms with Gasteiger partial charge < -0.3 is 9.64 Å². The number of nitrogens with zero attached hydrogens (tertiary/aromatic N) is 4. The quantitative estimate of drug-likeness (QED) is 0.584. The average molecular weight is 410 g/mol. The first-order valence-electron chi connectivity index (χ1n) is 8.99. The van der Waals surface area contributed by atoms with E-state index in [-0.39, 0.29) is 18.5 Å². The van der Waals surface area contributed by atoms with E-state index in [2.05, 4.69) is 25.9 Å². The molecule has 2 N–H and O–H groups in total. The van der Waals surface area contributed by atoms with E-state index in [9.17, 15) is 18.0 Å². The Morgan fingerprint density at radius 3 is 2.69 bits per heavy atom. The van der Waals surface area contributed by atoms with Crippen molar-refractivity contribution in [3.8, 4) is 5.75 Å². The Hall–Kier alpha value is -3.11. The van der Waals surface area contributed by atoms with E-state index in [1.165, 1.54) is 19.5 Å². The molecule has 1 aromatic carbocycles. The summed E-state index contributed by atoms with van der Waals surface area (Å²) in [5.41, 5.74) is 4.69. The van der Waals surface area contributed by atoms with Gasteiger partial charge in [-0.25, -0.2) is 5.43 Å². The molecule has 0 spiro atoms. The SMILES string of the molecule is COc1cc(/C=N/NC(=O)c2cn[nH]n2)cc(N2CCC(C(F)(F)F)CC2)c1C. The highest BCUT2D eigenvalue weighted by molar-refractivity contribution is 5.93. The third kappa shape index (κ3) is 4.84. The molecular weight excluding hydrogens is 389 g/mol. The van der Waals surface area contributed by atoms with Crippen molar-refractivity contribution >= 4 is 17.8 Å². The van der Waals surface area contributed by atoms with Gasteiger partial charge in [0.15, 0.2) is 5.69 Å². The van der Waals surface area contributed by atoms with Crippen LogP contribution in [0.2, 0.25) is 0 Å². The molecule has 0 radical (unpaired) electrons. The van der Waals surface area contributed by atoms with Crippen molar-refractivity contribution < 1.29 is 22.7 Å². The lowest BCUT2D eigenvalue weighted by Crippen LogP contribution is -2.39. The lowest BCUT2D eigenvalue weighted by Gasteiger charge is -2.35. The number of carbonyl (C=O) groups excluding carboxylic acids is 1. The van der Waals surface area contributed by atoms with E-state index in [1.54, 1.807) is 6.07 Å². The van der Waals surface area contributed by atoms with Crippen molar-refractivity contribution in [1.29, 1.82) is 0 Å². The van der Waals surface area contributed by atoms with Crippen molar-refractivity contribution in [2.24, 2.45) is 11.0 Å². The monoisotopic (exact) mass is 410 g/mol. The fourth-order valence-electron chi connectivity index (χ4n) is 3.29. The fourth-order valence-corrected chi connectivity index (χ4v) is 3.29. The molecule has 0 atom stereocenters. The molecule has 1 aromatic heterocycles. The molecule has 1 aliphatic heterocycles. The van der Waals surface area contributed by atoms with Crippen LogP contribution in [0.5, 0.6) is 5.75 Å². The van der Waals surface area contributed by atoms with Gasteiger partial charge in [-0.3, -0.25) is 4.79 Å². The Labute approximate surface area is 165 Å². The highest BCUT2D eigenvalue weighted by Gasteiger charge is 2.41. The number of benzene rings is 1. The number of aromatic nitrogens is 3. The summed E-state index contributed by atoms with van der Waals surface area (Å²) in [6.45, 7) is 2.46. The van der Waals surface area contributed by atoms with Crippen molar-refractivity contribution in [2.75, 3.05) is 25.1 Å². The summed E-state index contributed by atoms with van der Waals surface area (Å²) < 4.78 is 44.2. The van der Waals surface area contributed by atoms with Gasteiger partial charge >= 0.3 is 6.18 Å². The van der Waals surface area contributed by atoms with Gasteiger partial charge in [-0.15, -0.1) is 0 Å². The number of aromatic amines is 1. The maximum Gasteiger partial charge on any atom is 0.391 e. The predicted octanol–water partition coefficient (Wildman–Crippen LogP) is 2.66. The van der Waals surface area contributed by atoms with Crippen LogP contribution in [0.1, 0.15) is 34.5 Å². The summed E-state index contributed by atoms with van der Waals surface area (Å²) in [4.78, 5) is 13.7. The minimum Gasteiger partial charge on any atom is -0.496 e. The minimum absolute atomic E-state index is 0.0529. The van der Waals surface area contributed by atoms with Crippen LogP contribution in [-0.2, 0) is 0 Å². The Balaban J connectivity index is 1.75. The van der Waals surface area contributed by atoms with Gasteiger partial charge in [0.05, 0.1) is 25.4 Å². The molecule has 11 heteroatoms. The first-order valence-corrected chi connectivity index (χ1v) is 8.99. The zero-order valence-corrected chi connectivity index (χ0v) is 16.0. The molecule has 3 rings (SSSR count). The molecule has 1 aliphatic rings. The second kappa shape index (κ2) is 8.50. The fraction of sp³-hybridized carbons (Fsp3) is 0.444. The number of hydrogen-bond donors (Lipinski definition) is 2. The maximum atomic E-state index is 12.9. The summed E-state index contributed by atoms with van der Waals surface area (Å²) in [6.07, 6.45) is -1.35. The van der Waals surface area contributed by atoms with Crippen molar-refractivity contribution in [1.82, 2.24) is 20.8 Å². The third-order valence-electron chi connectivity index (χ3n) is 4.90. The van der Waals surface area contributed by atoms with Gasteiger partial charge in [-0.1, -0.05) is 0 Å². The maximum absolute atomic E-state index is 12.9. The number of amides is 1. The summed E-state index contributed by atoms with van der Waals surface area (Å²) >= 11 is 0. The van der Waals surface area contributed by atoms with E-state index in [0.29, 0.717) is 24.4 Å². The molecule has 0 saturated carbocycles. The normalized spacial score (nSPS) is 15.7. The number of ether oxygens (including phenoxy) is 1. The van der Waals surface area contributed by atoms with E-state index in [4.69, 9.17) is 4.74 Å². The number of carbonyl (C=O) groups is 1. The van der Waals surface area contributed by atoms with Crippen molar-refractivity contribution in [3.05, 3.63) is 35.2 Å². The first-order chi connectivity index (χ1) is 13.8. The van der Waals surface area contributed by atoms with Crippen LogP contribution >= 0.6 is 0 Å². The molecule has 0 unspecified atom stereocenters. The Bertz CT molecular complexity index is 874. The summed E-state index contributed by atoms with van der Waals surface area (Å²) in [7, 11) is 1.52. The summed E-state index contributed by atoms with van der Waals surface area (Å²) in [5, 5.41) is 13.4. The number of piperidine rings is 1. The van der Waals surface area contributed by atoms with E-state index < -0.39 is 18.0 Å². The number of anilines is 1. The number of rotatable bonds is 5. The average Bonchev–Trinajstić information content (AvgIpc) is 3.23. The predicted molar refractivity (Wildman–Crippen MR) is 100 cm³/mol. The molecule has 2 aromatic rings. The lowest BCUT2D eigenvalue weighted by molar-refractivity contribution is -0.179. The van der Waals surface area contributed by atoms with Crippen LogP contribution in [0, 0.1) is 12.8 Å². The number of methoxy groups -OCH3 is 1. The highest BCUT2D eigenvalue weighted by Crippen LogP contribution is 2.37. The molecule has 29 heavy (non-hydrogen) atoms. The summed E-state index contributed by atoms with van der Waals surface area (Å²) in [6, 6.07) is 3.56. The van der Waals surface area contributed by atoms with E-state index in [0.717, 1.165) is 11.3 Å². The first kappa shape index (κ1) is 20.6. The van der Waals surface area contributed by atoms with Crippen LogP contribution in [0.25, 0.3) is 0 Å². The Kier molecular flexibility index (Phi) is 6.04. The molecule has 156 valence electrons. The number of hydrogen-bond acceptors (Lipinski definition) is 6. The zero-order chi connectivity index (χ0) is 21.0. The Morgan fingerprint density at radius 1 is 1.38 bits per heavy atom. The molecular formula is C18H21F3N6O2. The molecule has 1 saturated heterocycles. The molecule has 2 heterocycles. The van der Waals surface area contributed by atoms with Crippen molar-refractivity contribution in [2.45, 2.75) is 25.9 Å². The van der Waals surface area contributed by atoms with Crippen LogP contribution in [0.15, 0.2) is 23.4 Å². The second-order valence-electron chi connectivity index (χ2n) is 6.72. The summed E-state index contributed by atoms with van der Waals surface area (Å²) in [5.74, 6) is -1.20. The number of H-pyrrole nitrogens is 1. The lowest BCUT2D eigenvalue weighted by atomic mass is 9.95. The number of alkyl halides is 3. The third-order valence-corrected chi connectivity index (χ3v) is 4.90. The topological polar surface area (TPSA) is 95.5 Å². The largest absolute Gasteiger partial charge is 0.496 e. The minimum atomic E-state index is -4.16. The van der Waals surface area contributed by atoms with Gasteiger partial charge in [0.2, 0.25) is 0 Å². The Morgan fingerprint density at radius 2 is 2.10 bits per heavy atom. The van der Waals surface area contributed by atoms with Gasteiger partial charge in [-0.2, -0.15) is 33.7 Å². The second-order valence-corrected chi connectivity index (χ2v) is 6.72. The van der Waals surface area contributed by atoms with Gasteiger partial charge in [-0.05, 0) is 31.9 Å². The number of hydrazone groups is 1. The standard InChI is InChI=1S/C18H21F3N6O2/c1-11-15(27-5-3-13(4-6-27)18(19,20)21)7-12(8-16(11)29-2)9-22-25-17(28)14-10-23-26-24-14/h7-10,13H,3-6H2,1-2H3,(H,25,28)(H,23,24,26)/b22-9+. The van der Waals surface area contributed by atoms with Crippen LogP contribution in [0.3, 0.4) is 0 Å². The van der Waals surface area contributed by atoms with E-state index >= 15 is 0 Å². The molecule has 0 aliphatic carbocycles. The molecule has 8 nitrogen and oxygen atoms in total. The van der Waals surface area contributed by atoms with E-state index in [1.807, 2.05) is 17.9 Å². The number of halogens is 3. The molecule has 1 amide bonds. The number of nitrogens with one attached hydrogen (secondary N) is 2. The highest BCUT2D eigenvalue weighted by atomic mass is 19.4. The smallest absolute Gasteiger partial charge is 0.391 e. The van der Waals surface area contributed by atoms with Crippen LogP contribution < -0.4 is 15.1 Å². The van der Waals surface area contributed by atoms with Crippen molar-refractivity contribution in [3.63, 3.8) is 0 Å². The zero-order valence-electron chi connectivity index (χ0n) is 16.0. The van der Waals surface area contributed by atoms with Crippen LogP contribution in [0.4, 0.5) is 18.9 Å². The van der Waals surface area contributed by atoms with Gasteiger partial charge in [0.25, 0.3) is 5.91 Å². The van der Waals surface area contributed by atoms with Crippen LogP contribution in [-0.4, -0.2) is 53.9 Å². The van der Waals surface area contributed by atoms with Gasteiger partial charge in [0.1, 0.15) is 5.75 Å². The molecule has 1 fully saturated rings. The van der Waals surface area contributed by atoms with Gasteiger partial charge in [0, 0.05) is 29.9 Å². The molecule has 0 bridgehead atoms.